The molecule has 344 valence electrons. The Morgan fingerprint density at radius 3 is 2.15 bits per heavy atom. The normalized spacial score (nSPS) is 17.5. The zero-order valence-electron chi connectivity index (χ0n) is 36.2. The second kappa shape index (κ2) is 18.7. The Kier molecular flexibility index (Phi) is 13.0. The van der Waals surface area contributed by atoms with Crippen LogP contribution in [0.1, 0.15) is 33.9 Å². The highest BCUT2D eigenvalue weighted by atomic mass is 32.2. The average molecular weight is 1010 g/mol. The second-order valence-electron chi connectivity index (χ2n) is 16.0. The van der Waals surface area contributed by atoms with Gasteiger partial charge in [-0.2, -0.15) is 0 Å². The summed E-state index contributed by atoms with van der Waals surface area (Å²) in [6, 6.07) is 13.5. The maximum Gasteiger partial charge on any atom is 0.330 e. The van der Waals surface area contributed by atoms with E-state index in [2.05, 4.69) is 31.9 Å². The van der Waals surface area contributed by atoms with Crippen molar-refractivity contribution in [2.45, 2.75) is 24.3 Å². The van der Waals surface area contributed by atoms with Crippen molar-refractivity contribution < 1.29 is 19.1 Å². The van der Waals surface area contributed by atoms with Gasteiger partial charge >= 0.3 is 11.4 Å². The van der Waals surface area contributed by atoms with Crippen molar-refractivity contribution in [3.05, 3.63) is 117 Å². The van der Waals surface area contributed by atoms with Crippen LogP contribution in [0.5, 0.6) is 0 Å². The minimum Gasteiger partial charge on any atom is -0.371 e. The van der Waals surface area contributed by atoms with E-state index in [9.17, 15) is 24.0 Å². The Morgan fingerprint density at radius 1 is 0.791 bits per heavy atom. The summed E-state index contributed by atoms with van der Waals surface area (Å²) < 4.78 is 17.4. The molecule has 0 spiro atoms. The van der Waals surface area contributed by atoms with Crippen molar-refractivity contribution in [1.82, 2.24) is 58.2 Å². The molecule has 3 aliphatic heterocycles. The number of benzene rings is 2. The van der Waals surface area contributed by atoms with Gasteiger partial charge in [-0.3, -0.25) is 48.2 Å². The van der Waals surface area contributed by atoms with E-state index in [1.807, 2.05) is 51.6 Å². The fourth-order valence-electron chi connectivity index (χ4n) is 8.13. The Balaban J connectivity index is 0.968. The van der Waals surface area contributed by atoms with Crippen molar-refractivity contribution >= 4 is 134 Å². The summed E-state index contributed by atoms with van der Waals surface area (Å²) in [6.45, 7) is 3.19. The van der Waals surface area contributed by atoms with Crippen molar-refractivity contribution in [1.29, 1.82) is 0 Å². The summed E-state index contributed by atoms with van der Waals surface area (Å²) in [7, 11) is 6.64. The van der Waals surface area contributed by atoms with Gasteiger partial charge in [-0.15, -0.1) is 0 Å². The van der Waals surface area contributed by atoms with E-state index < -0.39 is 11.8 Å². The number of aromatic nitrogens is 8. The molecule has 3 N–H and O–H groups in total. The predicted octanol–water partition coefficient (Wildman–Crippen LogP) is 3.58. The maximum atomic E-state index is 13.1. The van der Waals surface area contributed by atoms with Gasteiger partial charge in [0.15, 0.2) is 21.6 Å². The van der Waals surface area contributed by atoms with Crippen LogP contribution in [0.3, 0.4) is 0 Å². The molecule has 0 saturated carbocycles. The van der Waals surface area contributed by atoms with Gasteiger partial charge in [-0.1, -0.05) is 103 Å². The van der Waals surface area contributed by atoms with Gasteiger partial charge in [-0.05, 0) is 52.2 Å². The van der Waals surface area contributed by atoms with Gasteiger partial charge in [-0.25, -0.2) is 19.6 Å². The third-order valence-electron chi connectivity index (χ3n) is 11.7. The van der Waals surface area contributed by atoms with Crippen LogP contribution in [0.15, 0.2) is 74.0 Å². The first-order valence-electron chi connectivity index (χ1n) is 20.6. The number of thiocarbonyl (C=S) groups is 2. The molecule has 7 heterocycles. The molecule has 2 aromatic carbocycles. The lowest BCUT2D eigenvalue weighted by molar-refractivity contribution is -0.123. The number of nitrogens with zero attached hydrogens (tertiary/aromatic N) is 9. The van der Waals surface area contributed by atoms with Gasteiger partial charge in [0.1, 0.15) is 30.2 Å². The summed E-state index contributed by atoms with van der Waals surface area (Å²) in [4.78, 5) is 75.8. The van der Waals surface area contributed by atoms with Crippen molar-refractivity contribution in [3.8, 4) is 0 Å². The molecular weight excluding hydrogens is 973 g/mol. The van der Waals surface area contributed by atoms with E-state index in [0.717, 1.165) is 22.3 Å². The molecule has 67 heavy (non-hydrogen) atoms. The first-order valence-corrected chi connectivity index (χ1v) is 24.1. The third kappa shape index (κ3) is 9.06. The molecule has 3 aliphatic rings. The summed E-state index contributed by atoms with van der Waals surface area (Å²) in [6.07, 6.45) is 4.69. The van der Waals surface area contributed by atoms with Crippen LogP contribution in [-0.2, 0) is 60.4 Å². The molecule has 4 aromatic heterocycles. The third-order valence-corrected chi connectivity index (χ3v) is 14.9. The van der Waals surface area contributed by atoms with Crippen molar-refractivity contribution in [2.24, 2.45) is 28.2 Å². The van der Waals surface area contributed by atoms with Crippen molar-refractivity contribution in [3.63, 3.8) is 0 Å². The Bertz CT molecular complexity index is 3430. The van der Waals surface area contributed by atoms with Crippen LogP contribution in [0.2, 0.25) is 0 Å². The number of morpholine rings is 1. The van der Waals surface area contributed by atoms with E-state index in [4.69, 9.17) is 58.6 Å². The van der Waals surface area contributed by atoms with Gasteiger partial charge in [0.2, 0.25) is 0 Å². The maximum absolute atomic E-state index is 13.1. The first kappa shape index (κ1) is 46.4. The zero-order valence-corrected chi connectivity index (χ0v) is 41.1. The molecule has 3 saturated heterocycles. The van der Waals surface area contributed by atoms with Crippen LogP contribution < -0.4 is 27.3 Å². The molecule has 0 bridgehead atoms. The first-order chi connectivity index (χ1) is 32.1. The van der Waals surface area contributed by atoms with Crippen LogP contribution >= 0.6 is 72.4 Å². The number of carbonyl (C=O) groups is 3. The molecule has 0 aliphatic carbocycles. The van der Waals surface area contributed by atoms with E-state index in [1.54, 1.807) is 46.3 Å². The number of rotatable bonds is 11. The highest BCUT2D eigenvalue weighted by Crippen LogP contribution is 2.33. The van der Waals surface area contributed by atoms with Gasteiger partial charge < -0.3 is 19.2 Å². The fourth-order valence-corrected chi connectivity index (χ4v) is 10.9. The van der Waals surface area contributed by atoms with E-state index in [1.165, 1.54) is 36.1 Å². The minimum absolute atomic E-state index is 0.0354. The molecular formula is C43H40N12O6S6. The van der Waals surface area contributed by atoms with Crippen molar-refractivity contribution in [2.75, 3.05) is 32.0 Å². The highest BCUT2D eigenvalue weighted by molar-refractivity contribution is 8.26. The molecule has 9 rings (SSSR count). The second-order valence-corrected chi connectivity index (χ2v) is 19.9. The number of thioether (sulfide) groups is 2. The molecule has 18 nitrogen and oxygen atoms in total. The van der Waals surface area contributed by atoms with Gasteiger partial charge in [0.05, 0.1) is 30.5 Å². The smallest absolute Gasteiger partial charge is 0.330 e. The standard InChI is InChI=1S/C43H40N12O6S6/c1-49-32-30(37(62)51(3)42(49)59)54(21-44-32)18-24-9-10-25(17-29-36(58)48-41(65)67-29)26(16-24)28-20-53(11-13-61-28)12-14-66-40-45-33-31(38(63)52(4)43(60)50(33)2)55(40)19-23-7-5-22(6-8-23)15-27-34(56)46-39(64)47-35(27)57/h5-10,15-17,21,28H,11-14,18-20H2,1-4H3,(H,48,58,65)(H2,46,47,56,57,64)/b29-17-. The number of carbonyl (C=O) groups excluding carboxylic acids is 3. The molecule has 1 atom stereocenters. The summed E-state index contributed by atoms with van der Waals surface area (Å²) in [5, 5.41) is 8.24. The molecule has 3 amide bonds. The molecule has 1 unspecified atom stereocenters. The van der Waals surface area contributed by atoms with Crippen LogP contribution in [0.4, 0.5) is 0 Å². The minimum atomic E-state index is -0.571. The van der Waals surface area contributed by atoms with Crippen LogP contribution in [0, 0.1) is 9.28 Å². The molecule has 0 radical (unpaired) electrons. The van der Waals surface area contributed by atoms with E-state index in [0.29, 0.717) is 96.6 Å². The lowest BCUT2D eigenvalue weighted by Crippen LogP contribution is -2.51. The monoisotopic (exact) mass is 1010 g/mol. The van der Waals surface area contributed by atoms with E-state index in [-0.39, 0.29) is 34.1 Å². The van der Waals surface area contributed by atoms with Gasteiger partial charge in [0, 0.05) is 60.1 Å². The molecule has 24 heteroatoms. The number of hydrogen-bond acceptors (Lipinski definition) is 15. The summed E-state index contributed by atoms with van der Waals surface area (Å²) in [5.74, 6) is -0.750. The topological polar surface area (TPSA) is 189 Å². The Hall–Kier alpha value is -5.73. The lowest BCUT2D eigenvalue weighted by Gasteiger charge is -2.34. The van der Waals surface area contributed by atoms with E-state index >= 15 is 0 Å². The summed E-state index contributed by atoms with van der Waals surface area (Å²) >= 11 is 24.5. The van der Waals surface area contributed by atoms with Crippen LogP contribution in [-0.4, -0.2) is 101 Å². The number of hydrogen-bond donors (Lipinski definition) is 3. The Morgan fingerprint density at radius 2 is 1.46 bits per heavy atom. The predicted molar refractivity (Wildman–Crippen MR) is 270 cm³/mol. The fraction of sp³-hybridized carbons (Fsp3) is 0.279. The van der Waals surface area contributed by atoms with Crippen LogP contribution in [0.25, 0.3) is 34.5 Å². The van der Waals surface area contributed by atoms with Gasteiger partial charge in [0.25, 0.3) is 17.7 Å². The Labute approximate surface area is 410 Å². The number of aryl methyl sites for hydroxylation is 2. The quantitative estimate of drug-likeness (QED) is 0.0739. The lowest BCUT2D eigenvalue weighted by atomic mass is 9.97. The SMILES string of the molecule is Cn1c(=S)c2c(ncn2Cc2ccc(/C=C3\SC(=S)NC3=O)c(C3CN(CCSc4nc5c(c(=S)n(C)c(=O)n5C)n4Cc4ccc(C=C5C(=O)NC(=S)NC5=O)cc4)CCO3)c2)n(C)c1=O. The average Bonchev–Trinajstić information content (AvgIpc) is 3.99. The highest BCUT2D eigenvalue weighted by Gasteiger charge is 2.28. The zero-order chi connectivity index (χ0) is 47.4. The number of nitrogens with one attached hydrogen (secondary N) is 3. The number of ether oxygens (including phenoxy) is 1. The molecule has 6 aromatic rings. The number of fused-ring (bicyclic) bond motifs is 2. The largest absolute Gasteiger partial charge is 0.371 e. The number of amides is 3. The summed E-state index contributed by atoms with van der Waals surface area (Å²) in [5.41, 5.74) is 5.91. The number of imidazole rings is 2. The molecule has 3 fully saturated rings.